The van der Waals surface area contributed by atoms with Gasteiger partial charge in [-0.2, -0.15) is 0 Å². The molecule has 3 unspecified atom stereocenters. The van der Waals surface area contributed by atoms with Gasteiger partial charge in [-0.25, -0.2) is 0 Å². The van der Waals surface area contributed by atoms with E-state index in [2.05, 4.69) is 27.7 Å². The summed E-state index contributed by atoms with van der Waals surface area (Å²) in [6.45, 7) is 10.5. The molecule has 3 heteroatoms. The molecule has 3 saturated carbocycles. The molecule has 106 valence electrons. The quantitative estimate of drug-likeness (QED) is 0.674. The third-order valence-corrected chi connectivity index (χ3v) is 6.91. The predicted octanol–water partition coefficient (Wildman–Crippen LogP) is 2.64. The van der Waals surface area contributed by atoms with Crippen molar-refractivity contribution in [2.75, 3.05) is 13.2 Å². The number of Topliss-reactive ketones (excluding diaryl/α,β-unsaturated/α-hetero) is 1. The van der Waals surface area contributed by atoms with Gasteiger partial charge in [-0.05, 0) is 22.7 Å². The highest BCUT2D eigenvalue weighted by atomic mass is 16.7. The van der Waals surface area contributed by atoms with Crippen LogP contribution in [0.1, 0.15) is 40.5 Å². The number of carbonyl (C=O) groups is 1. The van der Waals surface area contributed by atoms with Crippen molar-refractivity contribution in [1.29, 1.82) is 0 Å². The van der Waals surface area contributed by atoms with E-state index < -0.39 is 5.79 Å². The summed E-state index contributed by atoms with van der Waals surface area (Å²) in [6.07, 6.45) is 1.74. The van der Waals surface area contributed by atoms with Crippen LogP contribution in [0.25, 0.3) is 0 Å². The molecule has 0 aromatic carbocycles. The van der Waals surface area contributed by atoms with Gasteiger partial charge in [-0.3, -0.25) is 4.79 Å². The van der Waals surface area contributed by atoms with Gasteiger partial charge in [0.1, 0.15) is 5.78 Å². The molecular weight excluding hydrogens is 240 g/mol. The summed E-state index contributed by atoms with van der Waals surface area (Å²) in [5.41, 5.74) is 0.379. The number of ketones is 1. The first-order chi connectivity index (χ1) is 8.83. The van der Waals surface area contributed by atoms with Crippen LogP contribution in [-0.4, -0.2) is 24.8 Å². The Morgan fingerprint density at radius 2 is 1.74 bits per heavy atom. The second-order valence-electron chi connectivity index (χ2n) is 8.01. The maximum absolute atomic E-state index is 12.8. The SMILES string of the molecule is C[C@@H]1CC2(CC3C(=O)C4C(C4(C)C)[C@]31C)OCCO2. The van der Waals surface area contributed by atoms with Crippen molar-refractivity contribution in [3.8, 4) is 0 Å². The first-order valence-electron chi connectivity index (χ1n) is 7.64. The van der Waals surface area contributed by atoms with Gasteiger partial charge in [0.25, 0.3) is 0 Å². The summed E-state index contributed by atoms with van der Waals surface area (Å²) in [5.74, 6) is 1.55. The van der Waals surface area contributed by atoms with Crippen LogP contribution in [0.5, 0.6) is 0 Å². The first kappa shape index (κ1) is 12.3. The van der Waals surface area contributed by atoms with Crippen LogP contribution < -0.4 is 0 Å². The minimum Gasteiger partial charge on any atom is -0.348 e. The molecule has 1 aliphatic heterocycles. The Kier molecular flexibility index (Phi) is 2.11. The second-order valence-corrected chi connectivity index (χ2v) is 8.01. The molecule has 0 radical (unpaired) electrons. The van der Waals surface area contributed by atoms with Crippen LogP contribution in [0, 0.1) is 34.5 Å². The average Bonchev–Trinajstić information content (AvgIpc) is 2.65. The minimum atomic E-state index is -0.444. The number of rotatable bonds is 0. The normalized spacial score (nSPS) is 53.2. The van der Waals surface area contributed by atoms with Crippen LogP contribution >= 0.6 is 0 Å². The number of fused-ring (bicyclic) bond motifs is 3. The molecule has 1 saturated heterocycles. The number of carbonyl (C=O) groups excluding carboxylic acids is 1. The maximum Gasteiger partial charge on any atom is 0.169 e. The van der Waals surface area contributed by atoms with Crippen molar-refractivity contribution >= 4 is 5.78 Å². The highest BCUT2D eigenvalue weighted by Gasteiger charge is 2.79. The Bertz CT molecular complexity index is 449. The summed E-state index contributed by atoms with van der Waals surface area (Å²) in [7, 11) is 0. The molecule has 5 atom stereocenters. The van der Waals surface area contributed by atoms with E-state index in [9.17, 15) is 4.79 Å². The number of hydrogen-bond acceptors (Lipinski definition) is 3. The molecule has 4 rings (SSSR count). The van der Waals surface area contributed by atoms with E-state index in [1.54, 1.807) is 0 Å². The van der Waals surface area contributed by atoms with Gasteiger partial charge < -0.3 is 9.47 Å². The van der Waals surface area contributed by atoms with Crippen LogP contribution in [0.15, 0.2) is 0 Å². The molecule has 1 spiro atoms. The smallest absolute Gasteiger partial charge is 0.169 e. The lowest BCUT2D eigenvalue weighted by atomic mass is 9.57. The Morgan fingerprint density at radius 3 is 2.37 bits per heavy atom. The van der Waals surface area contributed by atoms with Crippen molar-refractivity contribution in [1.82, 2.24) is 0 Å². The lowest BCUT2D eigenvalue weighted by Gasteiger charge is -2.50. The molecule has 0 amide bonds. The van der Waals surface area contributed by atoms with E-state index in [1.807, 2.05) is 0 Å². The highest BCUT2D eigenvalue weighted by molar-refractivity contribution is 5.92. The van der Waals surface area contributed by atoms with Gasteiger partial charge in [-0.1, -0.05) is 27.7 Å². The average molecular weight is 264 g/mol. The molecule has 1 heterocycles. The van der Waals surface area contributed by atoms with Crippen LogP contribution in [-0.2, 0) is 14.3 Å². The van der Waals surface area contributed by atoms with Gasteiger partial charge in [0.05, 0.1) is 13.2 Å². The molecule has 0 bridgehead atoms. The highest BCUT2D eigenvalue weighted by Crippen LogP contribution is 2.78. The Hall–Kier alpha value is -0.410. The van der Waals surface area contributed by atoms with Crippen LogP contribution in [0.2, 0.25) is 0 Å². The molecule has 3 nitrogen and oxygen atoms in total. The summed E-state index contributed by atoms with van der Waals surface area (Å²) >= 11 is 0. The zero-order chi connectivity index (χ0) is 13.6. The van der Waals surface area contributed by atoms with Crippen LogP contribution in [0.4, 0.5) is 0 Å². The summed E-state index contributed by atoms with van der Waals surface area (Å²) < 4.78 is 11.8. The van der Waals surface area contributed by atoms with Gasteiger partial charge in [0.15, 0.2) is 5.79 Å². The molecule has 0 N–H and O–H groups in total. The maximum atomic E-state index is 12.8. The summed E-state index contributed by atoms with van der Waals surface area (Å²) in [4.78, 5) is 12.8. The first-order valence-corrected chi connectivity index (χ1v) is 7.64. The van der Waals surface area contributed by atoms with Crippen molar-refractivity contribution in [2.45, 2.75) is 46.3 Å². The standard InChI is InChI=1S/C16H24O3/c1-9-7-16(18-5-6-19-16)8-10-12(17)11-13(14(11,2)3)15(9,10)4/h9-11,13H,5-8H2,1-4H3/t9-,10?,11?,13?,15+/m1/s1. The topological polar surface area (TPSA) is 35.5 Å². The largest absolute Gasteiger partial charge is 0.348 e. The molecule has 0 aromatic rings. The Balaban J connectivity index is 1.72. The third-order valence-electron chi connectivity index (χ3n) is 6.91. The lowest BCUT2D eigenvalue weighted by molar-refractivity contribution is -0.221. The van der Waals surface area contributed by atoms with E-state index in [-0.39, 0.29) is 16.7 Å². The number of ether oxygens (including phenoxy) is 2. The zero-order valence-corrected chi connectivity index (χ0v) is 12.4. The van der Waals surface area contributed by atoms with E-state index in [0.717, 1.165) is 12.8 Å². The molecule has 3 aliphatic carbocycles. The number of hydrogen-bond donors (Lipinski definition) is 0. The minimum absolute atomic E-state index is 0.150. The van der Waals surface area contributed by atoms with Crippen molar-refractivity contribution in [3.63, 3.8) is 0 Å². The van der Waals surface area contributed by atoms with E-state index in [4.69, 9.17) is 9.47 Å². The predicted molar refractivity (Wildman–Crippen MR) is 70.4 cm³/mol. The fourth-order valence-electron chi connectivity index (χ4n) is 5.85. The van der Waals surface area contributed by atoms with Gasteiger partial charge in [-0.15, -0.1) is 0 Å². The van der Waals surface area contributed by atoms with Crippen molar-refractivity contribution in [3.05, 3.63) is 0 Å². The molecule has 4 fully saturated rings. The monoisotopic (exact) mass is 264 g/mol. The van der Waals surface area contributed by atoms with Crippen molar-refractivity contribution < 1.29 is 14.3 Å². The summed E-state index contributed by atoms with van der Waals surface area (Å²) in [6, 6.07) is 0. The molecular formula is C16H24O3. The lowest BCUT2D eigenvalue weighted by Crippen LogP contribution is -2.51. The van der Waals surface area contributed by atoms with E-state index >= 15 is 0 Å². The van der Waals surface area contributed by atoms with Crippen molar-refractivity contribution in [2.24, 2.45) is 34.5 Å². The van der Waals surface area contributed by atoms with E-state index in [1.165, 1.54) is 0 Å². The summed E-state index contributed by atoms with van der Waals surface area (Å²) in [5, 5.41) is 0. The van der Waals surface area contributed by atoms with Gasteiger partial charge >= 0.3 is 0 Å². The molecule has 0 aromatic heterocycles. The third kappa shape index (κ3) is 1.25. The zero-order valence-electron chi connectivity index (χ0n) is 12.4. The Morgan fingerprint density at radius 1 is 1.11 bits per heavy atom. The second kappa shape index (κ2) is 3.25. The molecule has 4 aliphatic rings. The fraction of sp³-hybridized carbons (Fsp3) is 0.938. The van der Waals surface area contributed by atoms with Gasteiger partial charge in [0, 0.05) is 24.7 Å². The molecule has 19 heavy (non-hydrogen) atoms. The van der Waals surface area contributed by atoms with E-state index in [0.29, 0.717) is 36.8 Å². The van der Waals surface area contributed by atoms with Crippen LogP contribution in [0.3, 0.4) is 0 Å². The Labute approximate surface area is 115 Å². The van der Waals surface area contributed by atoms with Gasteiger partial charge in [0.2, 0.25) is 0 Å². The fourth-order valence-corrected chi connectivity index (χ4v) is 5.85.